The van der Waals surface area contributed by atoms with Gasteiger partial charge in [-0.2, -0.15) is 0 Å². The molecule has 1 amide bonds. The normalized spacial score (nSPS) is 11.3. The van der Waals surface area contributed by atoms with E-state index >= 15 is 0 Å². The lowest BCUT2D eigenvalue weighted by molar-refractivity contribution is -0.131. The second-order valence-corrected chi connectivity index (χ2v) is 5.37. The van der Waals surface area contributed by atoms with Crippen LogP contribution < -0.4 is 10.5 Å². The van der Waals surface area contributed by atoms with Crippen LogP contribution in [0.5, 0.6) is 5.75 Å². The average molecular weight is 268 g/mol. The predicted octanol–water partition coefficient (Wildman–Crippen LogP) is 1.92. The van der Waals surface area contributed by atoms with E-state index in [9.17, 15) is 9.18 Å². The molecule has 0 aromatic heterocycles. The number of amides is 1. The molecule has 0 atom stereocenters. The number of halogens is 1. The van der Waals surface area contributed by atoms with Crippen molar-refractivity contribution in [3.8, 4) is 5.75 Å². The summed E-state index contributed by atoms with van der Waals surface area (Å²) >= 11 is 0. The monoisotopic (exact) mass is 268 g/mol. The number of nitrogens with two attached hydrogens (primary N) is 1. The van der Waals surface area contributed by atoms with Gasteiger partial charge < -0.3 is 15.4 Å². The summed E-state index contributed by atoms with van der Waals surface area (Å²) < 4.78 is 18.4. The predicted molar refractivity (Wildman–Crippen MR) is 72.3 cm³/mol. The van der Waals surface area contributed by atoms with Crippen LogP contribution >= 0.6 is 0 Å². The minimum atomic E-state index is -0.558. The van der Waals surface area contributed by atoms with Crippen LogP contribution in [-0.4, -0.2) is 30.5 Å². The fourth-order valence-electron chi connectivity index (χ4n) is 1.74. The van der Waals surface area contributed by atoms with Crippen molar-refractivity contribution in [3.63, 3.8) is 0 Å². The molecule has 1 rings (SSSR count). The molecule has 0 aliphatic rings. The first-order valence-electron chi connectivity index (χ1n) is 6.08. The first kappa shape index (κ1) is 15.4. The summed E-state index contributed by atoms with van der Waals surface area (Å²) in [6, 6.07) is 4.25. The molecule has 0 saturated carbocycles. The van der Waals surface area contributed by atoms with E-state index in [1.54, 1.807) is 27.0 Å². The van der Waals surface area contributed by atoms with Crippen molar-refractivity contribution >= 4 is 5.91 Å². The van der Waals surface area contributed by atoms with Crippen molar-refractivity contribution in [1.29, 1.82) is 0 Å². The quantitative estimate of drug-likeness (QED) is 0.887. The second-order valence-electron chi connectivity index (χ2n) is 5.37. The van der Waals surface area contributed by atoms with Gasteiger partial charge in [-0.15, -0.1) is 0 Å². The third-order valence-electron chi connectivity index (χ3n) is 2.68. The number of rotatable bonds is 5. The summed E-state index contributed by atoms with van der Waals surface area (Å²) in [4.78, 5) is 13.5. The van der Waals surface area contributed by atoms with Gasteiger partial charge in [0, 0.05) is 31.1 Å². The Kier molecular flexibility index (Phi) is 4.89. The van der Waals surface area contributed by atoms with Gasteiger partial charge in [-0.3, -0.25) is 4.79 Å². The zero-order chi connectivity index (χ0) is 14.6. The van der Waals surface area contributed by atoms with Crippen LogP contribution in [-0.2, 0) is 11.3 Å². The molecular weight excluding hydrogens is 247 g/mol. The zero-order valence-corrected chi connectivity index (χ0v) is 11.9. The van der Waals surface area contributed by atoms with Crippen molar-refractivity contribution in [1.82, 2.24) is 4.90 Å². The van der Waals surface area contributed by atoms with Gasteiger partial charge in [0.2, 0.25) is 5.91 Å². The van der Waals surface area contributed by atoms with Gasteiger partial charge in [0.15, 0.2) is 0 Å². The van der Waals surface area contributed by atoms with Crippen molar-refractivity contribution in [2.75, 3.05) is 14.2 Å². The van der Waals surface area contributed by atoms with E-state index in [1.807, 2.05) is 0 Å². The van der Waals surface area contributed by atoms with Gasteiger partial charge in [0.25, 0.3) is 0 Å². The molecule has 5 heteroatoms. The van der Waals surface area contributed by atoms with E-state index in [0.29, 0.717) is 11.3 Å². The summed E-state index contributed by atoms with van der Waals surface area (Å²) in [5.41, 5.74) is 5.89. The minimum Gasteiger partial charge on any atom is -0.496 e. The molecule has 1 aromatic rings. The Morgan fingerprint density at radius 3 is 2.63 bits per heavy atom. The highest BCUT2D eigenvalue weighted by Gasteiger charge is 2.20. The highest BCUT2D eigenvalue weighted by Crippen LogP contribution is 2.21. The number of hydrogen-bond donors (Lipinski definition) is 1. The summed E-state index contributed by atoms with van der Waals surface area (Å²) in [5.74, 6) is 0.127. The van der Waals surface area contributed by atoms with Crippen molar-refractivity contribution in [2.24, 2.45) is 5.73 Å². The molecule has 0 fully saturated rings. The third-order valence-corrected chi connectivity index (χ3v) is 2.68. The van der Waals surface area contributed by atoms with E-state index in [0.717, 1.165) is 0 Å². The average Bonchev–Trinajstić information content (AvgIpc) is 2.27. The maximum Gasteiger partial charge on any atom is 0.224 e. The molecule has 106 valence electrons. The van der Waals surface area contributed by atoms with Gasteiger partial charge in [-0.1, -0.05) is 0 Å². The lowest BCUT2D eigenvalue weighted by Crippen LogP contribution is -2.39. The SMILES string of the molecule is COc1ccc(F)cc1CN(C)C(=O)CC(C)(C)N. The summed E-state index contributed by atoms with van der Waals surface area (Å²) in [6.45, 7) is 3.87. The standard InChI is InChI=1S/C14H21FN2O2/c1-14(2,16)8-13(18)17(3)9-10-7-11(15)5-6-12(10)19-4/h5-7H,8-9,16H2,1-4H3. The molecule has 1 aromatic carbocycles. The number of hydrogen-bond acceptors (Lipinski definition) is 3. The lowest BCUT2D eigenvalue weighted by atomic mass is 10.0. The summed E-state index contributed by atoms with van der Waals surface area (Å²) in [6.07, 6.45) is 0.237. The van der Waals surface area contributed by atoms with Gasteiger partial charge >= 0.3 is 0 Å². The Labute approximate surface area is 113 Å². The Bertz CT molecular complexity index is 455. The Hall–Kier alpha value is -1.62. The van der Waals surface area contributed by atoms with Crippen molar-refractivity contribution < 1.29 is 13.9 Å². The maximum absolute atomic E-state index is 13.2. The molecule has 0 aliphatic heterocycles. The van der Waals surface area contributed by atoms with Gasteiger partial charge in [0.05, 0.1) is 7.11 Å². The van der Waals surface area contributed by atoms with Crippen molar-refractivity contribution in [2.45, 2.75) is 32.4 Å². The van der Waals surface area contributed by atoms with Crippen LogP contribution in [0, 0.1) is 5.82 Å². The molecule has 4 nitrogen and oxygen atoms in total. The number of benzene rings is 1. The van der Waals surface area contributed by atoms with Crippen molar-refractivity contribution in [3.05, 3.63) is 29.6 Å². The highest BCUT2D eigenvalue weighted by atomic mass is 19.1. The largest absolute Gasteiger partial charge is 0.496 e. The highest BCUT2D eigenvalue weighted by molar-refractivity contribution is 5.77. The molecule has 0 radical (unpaired) electrons. The van der Waals surface area contributed by atoms with E-state index in [2.05, 4.69) is 0 Å². The molecule has 0 unspecified atom stereocenters. The molecule has 0 saturated heterocycles. The number of nitrogens with zero attached hydrogens (tertiary/aromatic N) is 1. The molecular formula is C14H21FN2O2. The molecule has 0 bridgehead atoms. The van der Waals surface area contributed by atoms with Crippen LogP contribution in [0.3, 0.4) is 0 Å². The second kappa shape index (κ2) is 6.02. The van der Waals surface area contributed by atoms with Crippen LogP contribution in [0.1, 0.15) is 25.8 Å². The smallest absolute Gasteiger partial charge is 0.224 e. The zero-order valence-electron chi connectivity index (χ0n) is 11.9. The molecule has 0 aliphatic carbocycles. The maximum atomic E-state index is 13.2. The van der Waals surface area contributed by atoms with Gasteiger partial charge in [-0.25, -0.2) is 4.39 Å². The Balaban J connectivity index is 2.79. The first-order valence-corrected chi connectivity index (χ1v) is 6.08. The number of carbonyl (C=O) groups excluding carboxylic acids is 1. The van der Waals surface area contributed by atoms with Gasteiger partial charge in [0.1, 0.15) is 11.6 Å². The van der Waals surface area contributed by atoms with Crippen LogP contribution in [0.25, 0.3) is 0 Å². The summed E-state index contributed by atoms with van der Waals surface area (Å²) in [7, 11) is 3.18. The Morgan fingerprint density at radius 1 is 1.47 bits per heavy atom. The minimum absolute atomic E-state index is 0.0844. The van der Waals surface area contributed by atoms with Crippen LogP contribution in [0.15, 0.2) is 18.2 Å². The molecule has 0 heterocycles. The number of methoxy groups -OCH3 is 1. The molecule has 19 heavy (non-hydrogen) atoms. The third kappa shape index (κ3) is 4.87. The van der Waals surface area contributed by atoms with Crippen LogP contribution in [0.2, 0.25) is 0 Å². The van der Waals surface area contributed by atoms with E-state index in [4.69, 9.17) is 10.5 Å². The topological polar surface area (TPSA) is 55.6 Å². The number of carbonyl (C=O) groups is 1. The lowest BCUT2D eigenvalue weighted by Gasteiger charge is -2.24. The van der Waals surface area contributed by atoms with Gasteiger partial charge in [-0.05, 0) is 32.0 Å². The Morgan fingerprint density at radius 2 is 2.11 bits per heavy atom. The summed E-state index contributed by atoms with van der Waals surface area (Å²) in [5, 5.41) is 0. The molecule has 0 spiro atoms. The van der Waals surface area contributed by atoms with E-state index in [-0.39, 0.29) is 24.7 Å². The van der Waals surface area contributed by atoms with E-state index in [1.165, 1.54) is 24.1 Å². The van der Waals surface area contributed by atoms with E-state index < -0.39 is 5.54 Å². The molecule has 2 N–H and O–H groups in total. The first-order chi connectivity index (χ1) is 8.73. The number of ether oxygens (including phenoxy) is 1. The fourth-order valence-corrected chi connectivity index (χ4v) is 1.74. The fraction of sp³-hybridized carbons (Fsp3) is 0.500. The van der Waals surface area contributed by atoms with Crippen LogP contribution in [0.4, 0.5) is 4.39 Å².